The quantitative estimate of drug-likeness (QED) is 0.418. The van der Waals surface area contributed by atoms with Gasteiger partial charge in [-0.2, -0.15) is 0 Å². The number of hydrogen-bond acceptors (Lipinski definition) is 6. The molecule has 1 atom stereocenters. The SMILES string of the molecule is CCCOc1ccc(C=C2C(=O)NN(c3ccccc3)C2=O)c(OCC(O)CO)c1C. The van der Waals surface area contributed by atoms with Gasteiger partial charge in [0.15, 0.2) is 0 Å². The minimum atomic E-state index is -1.06. The average Bonchev–Trinajstić information content (AvgIpc) is 3.06. The van der Waals surface area contributed by atoms with Crippen molar-refractivity contribution in [1.82, 2.24) is 5.43 Å². The first kappa shape index (κ1) is 22.3. The normalized spacial score (nSPS) is 15.9. The first-order valence-corrected chi connectivity index (χ1v) is 10.1. The molecule has 0 saturated carbocycles. The summed E-state index contributed by atoms with van der Waals surface area (Å²) in [7, 11) is 0. The van der Waals surface area contributed by atoms with E-state index >= 15 is 0 Å². The van der Waals surface area contributed by atoms with Crippen molar-refractivity contribution in [3.8, 4) is 11.5 Å². The zero-order chi connectivity index (χ0) is 22.4. The molecule has 164 valence electrons. The third-order valence-corrected chi connectivity index (χ3v) is 4.68. The minimum Gasteiger partial charge on any atom is -0.493 e. The maximum Gasteiger partial charge on any atom is 0.282 e. The van der Waals surface area contributed by atoms with Crippen LogP contribution in [0.5, 0.6) is 11.5 Å². The van der Waals surface area contributed by atoms with Gasteiger partial charge in [-0.3, -0.25) is 15.0 Å². The lowest BCUT2D eigenvalue weighted by Gasteiger charge is -2.17. The molecule has 2 amide bonds. The molecule has 0 radical (unpaired) electrons. The summed E-state index contributed by atoms with van der Waals surface area (Å²) >= 11 is 0. The maximum atomic E-state index is 12.9. The van der Waals surface area contributed by atoms with E-state index in [1.165, 1.54) is 11.1 Å². The highest BCUT2D eigenvalue weighted by molar-refractivity contribution is 6.31. The number of nitrogens with one attached hydrogen (secondary N) is 1. The molecule has 2 aromatic carbocycles. The highest BCUT2D eigenvalue weighted by Crippen LogP contribution is 2.34. The molecule has 1 aliphatic heterocycles. The molecule has 8 nitrogen and oxygen atoms in total. The Labute approximate surface area is 180 Å². The van der Waals surface area contributed by atoms with Crippen molar-refractivity contribution in [2.75, 3.05) is 24.8 Å². The zero-order valence-electron chi connectivity index (χ0n) is 17.5. The lowest BCUT2D eigenvalue weighted by Crippen LogP contribution is -2.35. The van der Waals surface area contributed by atoms with Crippen molar-refractivity contribution in [2.45, 2.75) is 26.4 Å². The number of hydrogen-bond donors (Lipinski definition) is 3. The van der Waals surface area contributed by atoms with Crippen LogP contribution in [0.4, 0.5) is 5.69 Å². The van der Waals surface area contributed by atoms with Crippen LogP contribution in [0.1, 0.15) is 24.5 Å². The van der Waals surface area contributed by atoms with Crippen LogP contribution in [0.3, 0.4) is 0 Å². The molecular formula is C23H26N2O6. The summed E-state index contributed by atoms with van der Waals surface area (Å²) < 4.78 is 11.5. The fourth-order valence-electron chi connectivity index (χ4n) is 3.07. The Morgan fingerprint density at radius 2 is 1.87 bits per heavy atom. The van der Waals surface area contributed by atoms with E-state index in [1.54, 1.807) is 43.3 Å². The Morgan fingerprint density at radius 1 is 1.13 bits per heavy atom. The topological polar surface area (TPSA) is 108 Å². The first-order valence-electron chi connectivity index (χ1n) is 10.1. The van der Waals surface area contributed by atoms with Crippen LogP contribution in [0.2, 0.25) is 0 Å². The van der Waals surface area contributed by atoms with Crippen molar-refractivity contribution in [3.05, 3.63) is 59.2 Å². The number of carbonyl (C=O) groups excluding carboxylic acids is 2. The molecule has 1 saturated heterocycles. The second-order valence-corrected chi connectivity index (χ2v) is 7.08. The predicted molar refractivity (Wildman–Crippen MR) is 116 cm³/mol. The maximum absolute atomic E-state index is 12.9. The number of rotatable bonds is 9. The number of amides is 2. The fourth-order valence-corrected chi connectivity index (χ4v) is 3.07. The number of anilines is 1. The molecule has 1 fully saturated rings. The molecule has 1 aliphatic rings. The number of para-hydroxylation sites is 1. The van der Waals surface area contributed by atoms with Gasteiger partial charge >= 0.3 is 0 Å². The molecule has 3 N–H and O–H groups in total. The van der Waals surface area contributed by atoms with Crippen molar-refractivity contribution in [2.24, 2.45) is 0 Å². The minimum absolute atomic E-state index is 0.0435. The highest BCUT2D eigenvalue weighted by Gasteiger charge is 2.34. The van der Waals surface area contributed by atoms with Gasteiger partial charge in [0.25, 0.3) is 11.8 Å². The molecule has 0 bridgehead atoms. The van der Waals surface area contributed by atoms with E-state index in [9.17, 15) is 14.7 Å². The summed E-state index contributed by atoms with van der Waals surface area (Å²) in [5.41, 5.74) is 4.22. The van der Waals surface area contributed by atoms with Crippen LogP contribution in [-0.4, -0.2) is 48.0 Å². The largest absolute Gasteiger partial charge is 0.493 e. The average molecular weight is 426 g/mol. The van der Waals surface area contributed by atoms with Gasteiger partial charge < -0.3 is 19.7 Å². The van der Waals surface area contributed by atoms with E-state index in [-0.39, 0.29) is 12.2 Å². The standard InChI is InChI=1S/C23H26N2O6/c1-3-11-30-20-10-9-16(21(15(20)2)31-14-18(27)13-26)12-19-22(28)24-25(23(19)29)17-7-5-4-6-8-17/h4-10,12,18,26-27H,3,11,13-14H2,1-2H3,(H,24,28). The summed E-state index contributed by atoms with van der Waals surface area (Å²) in [5.74, 6) is -0.0429. The highest BCUT2D eigenvalue weighted by atomic mass is 16.5. The van der Waals surface area contributed by atoms with Gasteiger partial charge in [0, 0.05) is 11.1 Å². The van der Waals surface area contributed by atoms with E-state index in [0.717, 1.165) is 6.42 Å². The van der Waals surface area contributed by atoms with Crippen LogP contribution in [0.25, 0.3) is 6.08 Å². The predicted octanol–water partition coefficient (Wildman–Crippen LogP) is 1.98. The number of carbonyl (C=O) groups is 2. The second kappa shape index (κ2) is 10.1. The Balaban J connectivity index is 1.96. The van der Waals surface area contributed by atoms with Crippen LogP contribution in [0.15, 0.2) is 48.0 Å². The van der Waals surface area contributed by atoms with Crippen LogP contribution in [0, 0.1) is 6.92 Å². The summed E-state index contributed by atoms with van der Waals surface area (Å²) in [6.07, 6.45) is 1.22. The molecule has 2 aromatic rings. The molecule has 0 spiro atoms. The number of aliphatic hydroxyl groups excluding tert-OH is 2. The fraction of sp³-hybridized carbons (Fsp3) is 0.304. The number of aliphatic hydroxyl groups is 2. The van der Waals surface area contributed by atoms with E-state index < -0.39 is 24.5 Å². The molecule has 3 rings (SSSR count). The van der Waals surface area contributed by atoms with Gasteiger partial charge in [-0.05, 0) is 43.7 Å². The summed E-state index contributed by atoms with van der Waals surface area (Å²) in [4.78, 5) is 25.4. The van der Waals surface area contributed by atoms with Crippen molar-refractivity contribution in [3.63, 3.8) is 0 Å². The Hall–Kier alpha value is -3.36. The van der Waals surface area contributed by atoms with Crippen molar-refractivity contribution >= 4 is 23.6 Å². The van der Waals surface area contributed by atoms with E-state index in [4.69, 9.17) is 14.6 Å². The third-order valence-electron chi connectivity index (χ3n) is 4.68. The van der Waals surface area contributed by atoms with Crippen LogP contribution < -0.4 is 19.9 Å². The summed E-state index contributed by atoms with van der Waals surface area (Å²) in [6.45, 7) is 3.70. The first-order chi connectivity index (χ1) is 15.0. The van der Waals surface area contributed by atoms with Gasteiger partial charge in [-0.25, -0.2) is 5.01 Å². The van der Waals surface area contributed by atoms with E-state index in [1.807, 2.05) is 13.0 Å². The number of benzene rings is 2. The van der Waals surface area contributed by atoms with Crippen LogP contribution in [-0.2, 0) is 9.59 Å². The van der Waals surface area contributed by atoms with Gasteiger partial charge in [0.05, 0.1) is 18.9 Å². The molecular weight excluding hydrogens is 400 g/mol. The molecule has 0 aromatic heterocycles. The van der Waals surface area contributed by atoms with Gasteiger partial charge in [-0.1, -0.05) is 25.1 Å². The number of ether oxygens (including phenoxy) is 2. The molecule has 1 unspecified atom stereocenters. The smallest absolute Gasteiger partial charge is 0.282 e. The van der Waals surface area contributed by atoms with Crippen molar-refractivity contribution in [1.29, 1.82) is 0 Å². The summed E-state index contributed by atoms with van der Waals surface area (Å²) in [5, 5.41) is 20.0. The second-order valence-electron chi connectivity index (χ2n) is 7.08. The van der Waals surface area contributed by atoms with Gasteiger partial charge in [0.2, 0.25) is 0 Å². The molecule has 1 heterocycles. The summed E-state index contributed by atoms with van der Waals surface area (Å²) in [6, 6.07) is 12.2. The molecule has 31 heavy (non-hydrogen) atoms. The van der Waals surface area contributed by atoms with Crippen LogP contribution >= 0.6 is 0 Å². The monoisotopic (exact) mass is 426 g/mol. The van der Waals surface area contributed by atoms with Gasteiger partial charge in [-0.15, -0.1) is 0 Å². The van der Waals surface area contributed by atoms with E-state index in [0.29, 0.717) is 34.9 Å². The number of hydrazine groups is 1. The lowest BCUT2D eigenvalue weighted by atomic mass is 10.0. The third kappa shape index (κ3) is 5.04. The number of nitrogens with zero attached hydrogens (tertiary/aromatic N) is 1. The van der Waals surface area contributed by atoms with E-state index in [2.05, 4.69) is 5.43 Å². The Bertz CT molecular complexity index is 974. The molecule has 0 aliphatic carbocycles. The molecule has 8 heteroatoms. The lowest BCUT2D eigenvalue weighted by molar-refractivity contribution is -0.117. The Kier molecular flexibility index (Phi) is 7.28. The van der Waals surface area contributed by atoms with Gasteiger partial charge in [0.1, 0.15) is 29.8 Å². The van der Waals surface area contributed by atoms with Crippen molar-refractivity contribution < 1.29 is 29.3 Å². The zero-order valence-corrected chi connectivity index (χ0v) is 17.5. The Morgan fingerprint density at radius 3 is 2.55 bits per heavy atom.